The SMILES string of the molecule is O=C(Nc1nc(CCl)cs1)c1cn[nH]n1. The molecule has 2 aromatic rings. The fourth-order valence-electron chi connectivity index (χ4n) is 0.898. The molecule has 0 atom stereocenters. The summed E-state index contributed by atoms with van der Waals surface area (Å²) in [4.78, 5) is 15.5. The lowest BCUT2D eigenvalue weighted by atomic mass is 10.4. The molecule has 0 saturated carbocycles. The molecule has 8 heteroatoms. The number of alkyl halides is 1. The summed E-state index contributed by atoms with van der Waals surface area (Å²) < 4.78 is 0. The Morgan fingerprint density at radius 3 is 3.13 bits per heavy atom. The molecule has 0 saturated heterocycles. The summed E-state index contributed by atoms with van der Waals surface area (Å²) in [6.45, 7) is 0. The molecule has 0 aliphatic rings. The van der Waals surface area contributed by atoms with Crippen LogP contribution < -0.4 is 5.32 Å². The maximum Gasteiger partial charge on any atom is 0.279 e. The van der Waals surface area contributed by atoms with Gasteiger partial charge in [-0.3, -0.25) is 10.1 Å². The Bertz CT molecular complexity index is 454. The topological polar surface area (TPSA) is 83.6 Å². The third-order valence-electron chi connectivity index (χ3n) is 1.56. The predicted octanol–water partition coefficient (Wildman–Crippen LogP) is 1.25. The lowest BCUT2D eigenvalue weighted by molar-refractivity contribution is 0.102. The highest BCUT2D eigenvalue weighted by molar-refractivity contribution is 7.14. The first-order valence-electron chi connectivity index (χ1n) is 3.97. The standard InChI is InChI=1S/C7H6ClN5OS/c8-1-4-3-15-7(10-4)11-6(14)5-2-9-13-12-5/h2-3H,1H2,(H,9,12,13)(H,10,11,14). The molecule has 2 heterocycles. The van der Waals surface area contributed by atoms with E-state index in [4.69, 9.17) is 11.6 Å². The van der Waals surface area contributed by atoms with Crippen molar-refractivity contribution in [3.05, 3.63) is 23.0 Å². The van der Waals surface area contributed by atoms with Crippen LogP contribution in [0.4, 0.5) is 5.13 Å². The van der Waals surface area contributed by atoms with E-state index in [9.17, 15) is 4.79 Å². The largest absolute Gasteiger partial charge is 0.296 e. The maximum absolute atomic E-state index is 11.5. The average molecular weight is 244 g/mol. The molecule has 2 rings (SSSR count). The highest BCUT2D eigenvalue weighted by Gasteiger charge is 2.10. The smallest absolute Gasteiger partial charge is 0.279 e. The van der Waals surface area contributed by atoms with Gasteiger partial charge in [0.25, 0.3) is 5.91 Å². The van der Waals surface area contributed by atoms with E-state index in [1.54, 1.807) is 5.38 Å². The predicted molar refractivity (Wildman–Crippen MR) is 56.0 cm³/mol. The molecule has 15 heavy (non-hydrogen) atoms. The lowest BCUT2D eigenvalue weighted by Gasteiger charge is -1.95. The number of rotatable bonds is 3. The molecule has 2 N–H and O–H groups in total. The van der Waals surface area contributed by atoms with Crippen molar-refractivity contribution in [3.8, 4) is 0 Å². The molecule has 0 aliphatic carbocycles. The number of nitrogens with zero attached hydrogens (tertiary/aromatic N) is 3. The number of anilines is 1. The van der Waals surface area contributed by atoms with Crippen molar-refractivity contribution < 1.29 is 4.79 Å². The Morgan fingerprint density at radius 1 is 1.67 bits per heavy atom. The van der Waals surface area contributed by atoms with E-state index >= 15 is 0 Å². The molecule has 0 aliphatic heterocycles. The minimum absolute atomic E-state index is 0.220. The van der Waals surface area contributed by atoms with Crippen LogP contribution in [0, 0.1) is 0 Å². The molecule has 0 aromatic carbocycles. The number of aromatic nitrogens is 4. The zero-order chi connectivity index (χ0) is 10.7. The number of thiazole rings is 1. The van der Waals surface area contributed by atoms with Crippen LogP contribution in [0.2, 0.25) is 0 Å². The van der Waals surface area contributed by atoms with Gasteiger partial charge in [0, 0.05) is 5.38 Å². The van der Waals surface area contributed by atoms with Gasteiger partial charge in [-0.2, -0.15) is 15.4 Å². The highest BCUT2D eigenvalue weighted by Crippen LogP contribution is 2.16. The van der Waals surface area contributed by atoms with Crippen molar-refractivity contribution in [3.63, 3.8) is 0 Å². The van der Waals surface area contributed by atoms with Crippen LogP contribution in [0.5, 0.6) is 0 Å². The Morgan fingerprint density at radius 2 is 2.53 bits per heavy atom. The first-order chi connectivity index (χ1) is 7.29. The molecule has 2 aromatic heterocycles. The van der Waals surface area contributed by atoms with Crippen LogP contribution >= 0.6 is 22.9 Å². The van der Waals surface area contributed by atoms with Gasteiger partial charge in [0.1, 0.15) is 0 Å². The van der Waals surface area contributed by atoms with Crippen molar-refractivity contribution in [1.82, 2.24) is 20.4 Å². The molecule has 0 fully saturated rings. The van der Waals surface area contributed by atoms with Gasteiger partial charge >= 0.3 is 0 Å². The van der Waals surface area contributed by atoms with Crippen molar-refractivity contribution >= 4 is 34.0 Å². The van der Waals surface area contributed by atoms with Gasteiger partial charge in [0.05, 0.1) is 17.8 Å². The first-order valence-corrected chi connectivity index (χ1v) is 5.38. The molecular formula is C7H6ClN5OS. The third-order valence-corrected chi connectivity index (χ3v) is 2.64. The molecular weight excluding hydrogens is 238 g/mol. The van der Waals surface area contributed by atoms with Gasteiger partial charge < -0.3 is 0 Å². The summed E-state index contributed by atoms with van der Waals surface area (Å²) in [7, 11) is 0. The second kappa shape index (κ2) is 4.37. The van der Waals surface area contributed by atoms with E-state index in [0.29, 0.717) is 11.0 Å². The summed E-state index contributed by atoms with van der Waals surface area (Å²) in [5.41, 5.74) is 0.953. The van der Waals surface area contributed by atoms with Crippen LogP contribution in [0.15, 0.2) is 11.6 Å². The summed E-state index contributed by atoms with van der Waals surface area (Å²) in [6, 6.07) is 0. The van der Waals surface area contributed by atoms with Crippen LogP contribution in [0.3, 0.4) is 0 Å². The van der Waals surface area contributed by atoms with Crippen molar-refractivity contribution in [2.45, 2.75) is 5.88 Å². The van der Waals surface area contributed by atoms with Crippen molar-refractivity contribution in [2.75, 3.05) is 5.32 Å². The van der Waals surface area contributed by atoms with E-state index in [1.807, 2.05) is 0 Å². The van der Waals surface area contributed by atoms with Gasteiger partial charge in [-0.05, 0) is 0 Å². The van der Waals surface area contributed by atoms with Gasteiger partial charge in [0.2, 0.25) is 0 Å². The monoisotopic (exact) mass is 243 g/mol. The maximum atomic E-state index is 11.5. The Kier molecular flexibility index (Phi) is 2.93. The minimum Gasteiger partial charge on any atom is -0.296 e. The highest BCUT2D eigenvalue weighted by atomic mass is 35.5. The van der Waals surface area contributed by atoms with Gasteiger partial charge in [-0.15, -0.1) is 22.9 Å². The summed E-state index contributed by atoms with van der Waals surface area (Å²) >= 11 is 6.89. The van der Waals surface area contributed by atoms with Crippen LogP contribution in [-0.4, -0.2) is 26.3 Å². The Balaban J connectivity index is 2.06. The number of amides is 1. The molecule has 6 nitrogen and oxygen atoms in total. The van der Waals surface area contributed by atoms with Crippen molar-refractivity contribution in [2.24, 2.45) is 0 Å². The number of halogens is 1. The average Bonchev–Trinajstić information content (AvgIpc) is 2.87. The first kappa shape index (κ1) is 10.1. The normalized spacial score (nSPS) is 10.2. The Labute approximate surface area is 93.7 Å². The van der Waals surface area contributed by atoms with Gasteiger partial charge in [-0.25, -0.2) is 4.98 Å². The molecule has 0 radical (unpaired) electrons. The zero-order valence-corrected chi connectivity index (χ0v) is 8.97. The van der Waals surface area contributed by atoms with Crippen LogP contribution in [0.1, 0.15) is 16.2 Å². The molecule has 1 amide bonds. The van der Waals surface area contributed by atoms with E-state index in [1.165, 1.54) is 17.5 Å². The van der Waals surface area contributed by atoms with E-state index in [0.717, 1.165) is 5.69 Å². The number of carbonyl (C=O) groups is 1. The van der Waals surface area contributed by atoms with Crippen LogP contribution in [0.25, 0.3) is 0 Å². The summed E-state index contributed by atoms with van der Waals surface area (Å²) in [5.74, 6) is -0.0182. The van der Waals surface area contributed by atoms with E-state index < -0.39 is 0 Å². The number of hydrogen-bond donors (Lipinski definition) is 2. The van der Waals surface area contributed by atoms with Crippen molar-refractivity contribution in [1.29, 1.82) is 0 Å². The minimum atomic E-state index is -0.348. The Hall–Kier alpha value is -1.47. The molecule has 0 bridgehead atoms. The van der Waals surface area contributed by atoms with E-state index in [2.05, 4.69) is 25.7 Å². The molecule has 0 spiro atoms. The number of carbonyl (C=O) groups excluding carboxylic acids is 1. The second-order valence-corrected chi connectivity index (χ2v) is 3.71. The summed E-state index contributed by atoms with van der Waals surface area (Å²) in [5, 5.41) is 14.4. The number of hydrogen-bond acceptors (Lipinski definition) is 5. The quantitative estimate of drug-likeness (QED) is 0.795. The third kappa shape index (κ3) is 2.31. The fraction of sp³-hybridized carbons (Fsp3) is 0.143. The number of nitrogens with one attached hydrogen (secondary N) is 2. The lowest BCUT2D eigenvalue weighted by Crippen LogP contribution is -2.12. The molecule has 78 valence electrons. The number of aromatic amines is 1. The van der Waals surface area contributed by atoms with Crippen LogP contribution in [-0.2, 0) is 5.88 Å². The summed E-state index contributed by atoms with van der Waals surface area (Å²) in [6.07, 6.45) is 1.34. The second-order valence-electron chi connectivity index (χ2n) is 2.59. The zero-order valence-electron chi connectivity index (χ0n) is 7.40. The van der Waals surface area contributed by atoms with Gasteiger partial charge in [0.15, 0.2) is 10.8 Å². The van der Waals surface area contributed by atoms with E-state index in [-0.39, 0.29) is 11.6 Å². The number of H-pyrrole nitrogens is 1. The van der Waals surface area contributed by atoms with Gasteiger partial charge in [-0.1, -0.05) is 0 Å². The molecule has 0 unspecified atom stereocenters. The fourth-order valence-corrected chi connectivity index (χ4v) is 1.83.